The molecule has 2 nitrogen and oxygen atoms in total. The third-order valence-corrected chi connectivity index (χ3v) is 3.22. The van der Waals surface area contributed by atoms with E-state index in [2.05, 4.69) is 0 Å². The SMILES string of the molecule is NCc1ccc(OCc2ccc(Cl)cc2Cl)c(F)c1. The Hall–Kier alpha value is -1.29. The lowest BCUT2D eigenvalue weighted by Gasteiger charge is -2.09. The van der Waals surface area contributed by atoms with Crippen molar-refractivity contribution in [1.29, 1.82) is 0 Å². The summed E-state index contributed by atoms with van der Waals surface area (Å²) in [4.78, 5) is 0. The monoisotopic (exact) mass is 299 g/mol. The van der Waals surface area contributed by atoms with Crippen LogP contribution in [0.5, 0.6) is 5.75 Å². The van der Waals surface area contributed by atoms with Gasteiger partial charge in [0, 0.05) is 22.2 Å². The highest BCUT2D eigenvalue weighted by molar-refractivity contribution is 6.35. The van der Waals surface area contributed by atoms with Crippen molar-refractivity contribution in [2.24, 2.45) is 5.73 Å². The highest BCUT2D eigenvalue weighted by Crippen LogP contribution is 2.24. The molecule has 0 spiro atoms. The van der Waals surface area contributed by atoms with Gasteiger partial charge >= 0.3 is 0 Å². The molecule has 5 heteroatoms. The standard InChI is InChI=1S/C14H12Cl2FNO/c15-11-3-2-10(12(16)6-11)8-19-14-4-1-9(7-18)5-13(14)17/h1-6H,7-8,18H2. The summed E-state index contributed by atoms with van der Waals surface area (Å²) in [6.07, 6.45) is 0. The second kappa shape index (κ2) is 6.24. The molecule has 0 aliphatic rings. The van der Waals surface area contributed by atoms with Gasteiger partial charge < -0.3 is 10.5 Å². The van der Waals surface area contributed by atoms with Crippen LogP contribution in [-0.4, -0.2) is 0 Å². The minimum absolute atomic E-state index is 0.170. The van der Waals surface area contributed by atoms with E-state index < -0.39 is 5.82 Å². The van der Waals surface area contributed by atoms with Gasteiger partial charge in [-0.05, 0) is 29.8 Å². The van der Waals surface area contributed by atoms with Gasteiger partial charge in [-0.3, -0.25) is 0 Å². The van der Waals surface area contributed by atoms with E-state index >= 15 is 0 Å². The van der Waals surface area contributed by atoms with Crippen molar-refractivity contribution in [2.45, 2.75) is 13.2 Å². The van der Waals surface area contributed by atoms with Crippen molar-refractivity contribution in [1.82, 2.24) is 0 Å². The lowest BCUT2D eigenvalue weighted by Crippen LogP contribution is -2.01. The van der Waals surface area contributed by atoms with Crippen LogP contribution >= 0.6 is 23.2 Å². The lowest BCUT2D eigenvalue weighted by atomic mass is 10.2. The molecule has 19 heavy (non-hydrogen) atoms. The zero-order chi connectivity index (χ0) is 13.8. The minimum Gasteiger partial charge on any atom is -0.486 e. The van der Waals surface area contributed by atoms with Gasteiger partial charge in [-0.1, -0.05) is 35.3 Å². The van der Waals surface area contributed by atoms with Crippen LogP contribution in [-0.2, 0) is 13.2 Å². The van der Waals surface area contributed by atoms with Gasteiger partial charge in [-0.2, -0.15) is 0 Å². The largest absolute Gasteiger partial charge is 0.486 e. The summed E-state index contributed by atoms with van der Waals surface area (Å²) in [6, 6.07) is 9.72. The second-order valence-corrected chi connectivity index (χ2v) is 4.84. The van der Waals surface area contributed by atoms with Crippen LogP contribution in [0.1, 0.15) is 11.1 Å². The smallest absolute Gasteiger partial charge is 0.165 e. The van der Waals surface area contributed by atoms with Gasteiger partial charge in [-0.25, -0.2) is 4.39 Å². The maximum atomic E-state index is 13.7. The Kier molecular flexibility index (Phi) is 4.64. The van der Waals surface area contributed by atoms with Gasteiger partial charge in [0.1, 0.15) is 6.61 Å². The predicted molar refractivity (Wildman–Crippen MR) is 75.1 cm³/mol. The normalized spacial score (nSPS) is 10.5. The van der Waals surface area contributed by atoms with Crippen LogP contribution in [0, 0.1) is 5.82 Å². The third kappa shape index (κ3) is 3.60. The van der Waals surface area contributed by atoms with Crippen molar-refractivity contribution >= 4 is 23.2 Å². The fourth-order valence-electron chi connectivity index (χ4n) is 1.58. The number of nitrogens with two attached hydrogens (primary N) is 1. The van der Waals surface area contributed by atoms with Gasteiger partial charge in [-0.15, -0.1) is 0 Å². The van der Waals surface area contributed by atoms with Crippen molar-refractivity contribution in [3.63, 3.8) is 0 Å². The molecule has 2 N–H and O–H groups in total. The van der Waals surface area contributed by atoms with E-state index in [0.717, 1.165) is 11.1 Å². The average Bonchev–Trinajstić information content (AvgIpc) is 2.39. The highest BCUT2D eigenvalue weighted by atomic mass is 35.5. The Morgan fingerprint density at radius 1 is 1.11 bits per heavy atom. The summed E-state index contributed by atoms with van der Waals surface area (Å²) >= 11 is 11.8. The summed E-state index contributed by atoms with van der Waals surface area (Å²) in [5.41, 5.74) is 6.89. The zero-order valence-electron chi connectivity index (χ0n) is 10.00. The Morgan fingerprint density at radius 3 is 2.53 bits per heavy atom. The Labute approximate surface area is 120 Å². The van der Waals surface area contributed by atoms with E-state index in [1.165, 1.54) is 6.07 Å². The second-order valence-electron chi connectivity index (χ2n) is 3.99. The Morgan fingerprint density at radius 2 is 1.89 bits per heavy atom. The van der Waals surface area contributed by atoms with Gasteiger partial charge in [0.15, 0.2) is 11.6 Å². The van der Waals surface area contributed by atoms with E-state index in [-0.39, 0.29) is 12.4 Å². The number of halogens is 3. The molecule has 0 aromatic heterocycles. The van der Waals surface area contributed by atoms with Crippen LogP contribution in [0.4, 0.5) is 4.39 Å². The van der Waals surface area contributed by atoms with Crippen molar-refractivity contribution < 1.29 is 9.13 Å². The minimum atomic E-state index is -0.437. The first-order chi connectivity index (χ1) is 9.10. The maximum absolute atomic E-state index is 13.7. The van der Waals surface area contributed by atoms with Crippen molar-refractivity contribution in [2.75, 3.05) is 0 Å². The molecule has 0 unspecified atom stereocenters. The molecule has 0 saturated heterocycles. The van der Waals surface area contributed by atoms with Crippen LogP contribution in [0.3, 0.4) is 0 Å². The summed E-state index contributed by atoms with van der Waals surface area (Å²) in [5.74, 6) is -0.267. The van der Waals surface area contributed by atoms with Crippen LogP contribution in [0.2, 0.25) is 10.0 Å². The lowest BCUT2D eigenvalue weighted by molar-refractivity contribution is 0.290. The predicted octanol–water partition coefficient (Wildman–Crippen LogP) is 4.17. The molecule has 2 aromatic carbocycles. The molecule has 0 radical (unpaired) electrons. The first kappa shape index (κ1) is 14.1. The van der Waals surface area contributed by atoms with Crippen molar-refractivity contribution in [3.05, 3.63) is 63.4 Å². The summed E-state index contributed by atoms with van der Waals surface area (Å²) < 4.78 is 19.1. The number of rotatable bonds is 4. The molecule has 0 bridgehead atoms. The summed E-state index contributed by atoms with van der Waals surface area (Å²) in [6.45, 7) is 0.467. The van der Waals surface area contributed by atoms with Gasteiger partial charge in [0.05, 0.1) is 0 Å². The highest BCUT2D eigenvalue weighted by Gasteiger charge is 2.07. The molecule has 0 atom stereocenters. The Balaban J connectivity index is 2.10. The quantitative estimate of drug-likeness (QED) is 0.919. The van der Waals surface area contributed by atoms with Crippen molar-refractivity contribution in [3.8, 4) is 5.75 Å². The van der Waals surface area contributed by atoms with E-state index in [1.54, 1.807) is 30.3 Å². The molecule has 100 valence electrons. The number of hydrogen-bond acceptors (Lipinski definition) is 2. The molecule has 2 aromatic rings. The Bertz CT molecular complexity index is 590. The number of hydrogen-bond donors (Lipinski definition) is 1. The van der Waals surface area contributed by atoms with Gasteiger partial charge in [0.25, 0.3) is 0 Å². The molecule has 0 aliphatic heterocycles. The fraction of sp³-hybridized carbons (Fsp3) is 0.143. The first-order valence-corrected chi connectivity index (χ1v) is 6.41. The number of benzene rings is 2. The van der Waals surface area contributed by atoms with Crippen LogP contribution in [0.15, 0.2) is 36.4 Å². The summed E-state index contributed by atoms with van der Waals surface area (Å²) in [5, 5.41) is 1.04. The molecule has 0 saturated carbocycles. The van der Waals surface area contributed by atoms with Crippen LogP contribution in [0.25, 0.3) is 0 Å². The molecule has 0 aliphatic carbocycles. The van der Waals surface area contributed by atoms with E-state index in [0.29, 0.717) is 16.6 Å². The topological polar surface area (TPSA) is 35.2 Å². The van der Waals surface area contributed by atoms with E-state index in [9.17, 15) is 4.39 Å². The zero-order valence-corrected chi connectivity index (χ0v) is 11.5. The molecule has 0 fully saturated rings. The van der Waals surface area contributed by atoms with E-state index in [1.807, 2.05) is 0 Å². The molecule has 0 amide bonds. The van der Waals surface area contributed by atoms with Gasteiger partial charge in [0.2, 0.25) is 0 Å². The maximum Gasteiger partial charge on any atom is 0.165 e. The number of ether oxygens (including phenoxy) is 1. The molecule has 0 heterocycles. The first-order valence-electron chi connectivity index (χ1n) is 5.65. The molecule has 2 rings (SSSR count). The molecular weight excluding hydrogens is 288 g/mol. The third-order valence-electron chi connectivity index (χ3n) is 2.63. The fourth-order valence-corrected chi connectivity index (χ4v) is 2.05. The summed E-state index contributed by atoms with van der Waals surface area (Å²) in [7, 11) is 0. The van der Waals surface area contributed by atoms with E-state index in [4.69, 9.17) is 33.7 Å². The molecular formula is C14H12Cl2FNO. The average molecular weight is 300 g/mol. The van der Waals surface area contributed by atoms with Crippen LogP contribution < -0.4 is 10.5 Å².